The fraction of sp³-hybridized carbons (Fsp3) is 0.125. The van der Waals surface area contributed by atoms with Gasteiger partial charge >= 0.3 is 11.8 Å². The number of carbonyl (C=O) groups excluding carboxylic acids is 2. The third-order valence-electron chi connectivity index (χ3n) is 2.90. The Labute approximate surface area is 133 Å². The summed E-state index contributed by atoms with van der Waals surface area (Å²) in [7, 11) is 1.58. The highest BCUT2D eigenvalue weighted by atomic mass is 35.5. The molecular weight excluding hydrogens is 304 g/mol. The molecule has 6 heteroatoms. The zero-order chi connectivity index (χ0) is 15.9. The van der Waals surface area contributed by atoms with Crippen LogP contribution in [0.15, 0.2) is 48.5 Å². The van der Waals surface area contributed by atoms with E-state index in [4.69, 9.17) is 16.3 Å². The van der Waals surface area contributed by atoms with E-state index in [9.17, 15) is 9.59 Å². The highest BCUT2D eigenvalue weighted by Crippen LogP contribution is 2.14. The predicted octanol–water partition coefficient (Wildman–Crippen LogP) is 2.60. The van der Waals surface area contributed by atoms with Crippen LogP contribution in [0.5, 0.6) is 5.75 Å². The first-order valence-corrected chi connectivity index (χ1v) is 6.94. The van der Waals surface area contributed by atoms with Gasteiger partial charge in [-0.1, -0.05) is 29.8 Å². The number of halogens is 1. The Balaban J connectivity index is 1.87. The second-order valence-electron chi connectivity index (χ2n) is 4.50. The molecule has 0 spiro atoms. The van der Waals surface area contributed by atoms with Gasteiger partial charge in [0.2, 0.25) is 0 Å². The summed E-state index contributed by atoms with van der Waals surface area (Å²) >= 11 is 5.81. The van der Waals surface area contributed by atoms with Gasteiger partial charge in [-0.25, -0.2) is 0 Å². The second-order valence-corrected chi connectivity index (χ2v) is 4.93. The zero-order valence-electron chi connectivity index (χ0n) is 11.9. The number of anilines is 1. The lowest BCUT2D eigenvalue weighted by molar-refractivity contribution is -0.136. The smallest absolute Gasteiger partial charge is 0.313 e. The largest absolute Gasteiger partial charge is 0.497 e. The first-order valence-electron chi connectivity index (χ1n) is 6.56. The van der Waals surface area contributed by atoms with Crippen molar-refractivity contribution in [2.75, 3.05) is 12.4 Å². The number of ether oxygens (including phenoxy) is 1. The van der Waals surface area contributed by atoms with E-state index in [2.05, 4.69) is 10.6 Å². The molecule has 22 heavy (non-hydrogen) atoms. The molecule has 5 nitrogen and oxygen atoms in total. The van der Waals surface area contributed by atoms with Gasteiger partial charge in [-0.05, 0) is 35.9 Å². The molecule has 2 amide bonds. The summed E-state index contributed by atoms with van der Waals surface area (Å²) in [6, 6.07) is 13.8. The molecule has 0 aromatic heterocycles. The van der Waals surface area contributed by atoms with Crippen LogP contribution in [0.4, 0.5) is 5.69 Å². The van der Waals surface area contributed by atoms with E-state index in [0.717, 1.165) is 11.3 Å². The summed E-state index contributed by atoms with van der Waals surface area (Å²) in [4.78, 5) is 23.5. The zero-order valence-corrected chi connectivity index (χ0v) is 12.7. The van der Waals surface area contributed by atoms with Crippen LogP contribution in [0.1, 0.15) is 5.56 Å². The van der Waals surface area contributed by atoms with Gasteiger partial charge in [-0.3, -0.25) is 9.59 Å². The minimum absolute atomic E-state index is 0.256. The van der Waals surface area contributed by atoms with Crippen molar-refractivity contribution in [1.82, 2.24) is 5.32 Å². The third kappa shape index (κ3) is 4.49. The Morgan fingerprint density at radius 2 is 1.82 bits per heavy atom. The Kier molecular flexibility index (Phi) is 5.38. The number of amides is 2. The van der Waals surface area contributed by atoms with Crippen molar-refractivity contribution < 1.29 is 14.3 Å². The Morgan fingerprint density at radius 3 is 2.45 bits per heavy atom. The van der Waals surface area contributed by atoms with E-state index >= 15 is 0 Å². The molecule has 114 valence electrons. The van der Waals surface area contributed by atoms with Gasteiger partial charge in [-0.2, -0.15) is 0 Å². The maximum atomic E-state index is 11.8. The van der Waals surface area contributed by atoms with Crippen molar-refractivity contribution in [1.29, 1.82) is 0 Å². The van der Waals surface area contributed by atoms with E-state index in [1.165, 1.54) is 0 Å². The number of carbonyl (C=O) groups is 2. The quantitative estimate of drug-likeness (QED) is 0.852. The lowest BCUT2D eigenvalue weighted by atomic mass is 10.2. The van der Waals surface area contributed by atoms with Crippen LogP contribution in [-0.2, 0) is 16.1 Å². The molecule has 0 saturated carbocycles. The first-order chi connectivity index (χ1) is 10.6. The third-order valence-corrected chi connectivity index (χ3v) is 3.14. The topological polar surface area (TPSA) is 67.4 Å². The molecule has 2 N–H and O–H groups in total. The van der Waals surface area contributed by atoms with Crippen molar-refractivity contribution in [3.05, 3.63) is 59.1 Å². The lowest BCUT2D eigenvalue weighted by Gasteiger charge is -2.07. The minimum Gasteiger partial charge on any atom is -0.497 e. The van der Waals surface area contributed by atoms with Gasteiger partial charge in [0.15, 0.2) is 0 Å². The van der Waals surface area contributed by atoms with Gasteiger partial charge in [0, 0.05) is 17.3 Å². The summed E-state index contributed by atoms with van der Waals surface area (Å²) < 4.78 is 5.05. The molecule has 0 unspecified atom stereocenters. The summed E-state index contributed by atoms with van der Waals surface area (Å²) in [6.45, 7) is 0.256. The highest BCUT2D eigenvalue weighted by molar-refractivity contribution is 6.39. The number of hydrogen-bond donors (Lipinski definition) is 2. The number of rotatable bonds is 4. The summed E-state index contributed by atoms with van der Waals surface area (Å²) in [6.07, 6.45) is 0. The van der Waals surface area contributed by atoms with E-state index in [1.54, 1.807) is 43.5 Å². The molecule has 0 aliphatic carbocycles. The van der Waals surface area contributed by atoms with Gasteiger partial charge in [0.1, 0.15) is 5.75 Å². The number of methoxy groups -OCH3 is 1. The monoisotopic (exact) mass is 318 g/mol. The number of benzene rings is 2. The van der Waals surface area contributed by atoms with Crippen molar-refractivity contribution in [3.63, 3.8) is 0 Å². The molecule has 0 fully saturated rings. The van der Waals surface area contributed by atoms with Crippen LogP contribution >= 0.6 is 11.6 Å². The second kappa shape index (κ2) is 7.47. The van der Waals surface area contributed by atoms with Gasteiger partial charge < -0.3 is 15.4 Å². The molecule has 0 aliphatic heterocycles. The minimum atomic E-state index is -0.740. The summed E-state index contributed by atoms with van der Waals surface area (Å²) in [5.41, 5.74) is 1.34. The molecule has 0 radical (unpaired) electrons. The van der Waals surface area contributed by atoms with Crippen LogP contribution in [0, 0.1) is 0 Å². The molecule has 0 atom stereocenters. The predicted molar refractivity (Wildman–Crippen MR) is 84.9 cm³/mol. The maximum Gasteiger partial charge on any atom is 0.313 e. The number of hydrogen-bond acceptors (Lipinski definition) is 3. The van der Waals surface area contributed by atoms with E-state index in [-0.39, 0.29) is 6.54 Å². The van der Waals surface area contributed by atoms with Crippen LogP contribution < -0.4 is 15.4 Å². The SMILES string of the molecule is COc1ccc(CNC(=O)C(=O)Nc2cccc(Cl)c2)cc1. The van der Waals surface area contributed by atoms with Crippen LogP contribution in [-0.4, -0.2) is 18.9 Å². The van der Waals surface area contributed by atoms with Crippen molar-refractivity contribution in [2.24, 2.45) is 0 Å². The molecule has 0 bridgehead atoms. The molecule has 0 heterocycles. The van der Waals surface area contributed by atoms with Crippen LogP contribution in [0.2, 0.25) is 5.02 Å². The molecular formula is C16H15ClN2O3. The van der Waals surface area contributed by atoms with Gasteiger partial charge in [-0.15, -0.1) is 0 Å². The Bertz CT molecular complexity index is 671. The van der Waals surface area contributed by atoms with Crippen molar-refractivity contribution >= 4 is 29.1 Å². The Morgan fingerprint density at radius 1 is 1.09 bits per heavy atom. The summed E-state index contributed by atoms with van der Waals surface area (Å²) in [5, 5.41) is 5.51. The van der Waals surface area contributed by atoms with Gasteiger partial charge in [0.25, 0.3) is 0 Å². The van der Waals surface area contributed by atoms with Gasteiger partial charge in [0.05, 0.1) is 7.11 Å². The molecule has 2 aromatic rings. The van der Waals surface area contributed by atoms with E-state index in [0.29, 0.717) is 10.7 Å². The average molecular weight is 319 g/mol. The van der Waals surface area contributed by atoms with Crippen molar-refractivity contribution in [2.45, 2.75) is 6.54 Å². The molecule has 0 saturated heterocycles. The standard InChI is InChI=1S/C16H15ClN2O3/c1-22-14-7-5-11(6-8-14)10-18-15(20)16(21)19-13-4-2-3-12(17)9-13/h2-9H,10H2,1H3,(H,18,20)(H,19,21). The maximum absolute atomic E-state index is 11.8. The average Bonchev–Trinajstić information content (AvgIpc) is 2.53. The lowest BCUT2D eigenvalue weighted by Crippen LogP contribution is -2.34. The Hall–Kier alpha value is -2.53. The number of nitrogens with one attached hydrogen (secondary N) is 2. The van der Waals surface area contributed by atoms with Crippen molar-refractivity contribution in [3.8, 4) is 5.75 Å². The van der Waals surface area contributed by atoms with E-state index < -0.39 is 11.8 Å². The summed E-state index contributed by atoms with van der Waals surface area (Å²) in [5.74, 6) is -0.722. The fourth-order valence-electron chi connectivity index (χ4n) is 1.76. The molecule has 2 rings (SSSR count). The normalized spacial score (nSPS) is 9.91. The fourth-order valence-corrected chi connectivity index (χ4v) is 1.95. The highest BCUT2D eigenvalue weighted by Gasteiger charge is 2.13. The first kappa shape index (κ1) is 15.9. The molecule has 2 aromatic carbocycles. The molecule has 0 aliphatic rings. The van der Waals surface area contributed by atoms with Crippen LogP contribution in [0.3, 0.4) is 0 Å². The van der Waals surface area contributed by atoms with E-state index in [1.807, 2.05) is 12.1 Å². The van der Waals surface area contributed by atoms with Crippen LogP contribution in [0.25, 0.3) is 0 Å².